The van der Waals surface area contributed by atoms with Crippen LogP contribution in [0.4, 0.5) is 0 Å². The number of ether oxygens (including phenoxy) is 2. The minimum Gasteiger partial charge on any atom is -0.492 e. The Kier molecular flexibility index (Phi) is 7.05. The van der Waals surface area contributed by atoms with Crippen molar-refractivity contribution in [2.24, 2.45) is 11.8 Å². The van der Waals surface area contributed by atoms with Gasteiger partial charge in [0.25, 0.3) is 0 Å². The third-order valence-electron chi connectivity index (χ3n) is 2.13. The summed E-state index contributed by atoms with van der Waals surface area (Å²) in [5.41, 5.74) is 0. The Balaban J connectivity index is 2.76. The highest BCUT2D eigenvalue weighted by Crippen LogP contribution is 2.31. The van der Waals surface area contributed by atoms with Gasteiger partial charge in [-0.3, -0.25) is 0 Å². The first-order valence-corrected chi connectivity index (χ1v) is 8.30. The summed E-state index contributed by atoms with van der Waals surface area (Å²) >= 11 is 4.60. The van der Waals surface area contributed by atoms with E-state index in [4.69, 9.17) is 9.47 Å². The van der Waals surface area contributed by atoms with Crippen LogP contribution in [0.5, 0.6) is 11.5 Å². The fourth-order valence-electron chi connectivity index (χ4n) is 1.24. The third-order valence-corrected chi connectivity index (χ3v) is 3.82. The monoisotopic (exact) mass is 474 g/mol. The van der Waals surface area contributed by atoms with Crippen molar-refractivity contribution < 1.29 is 9.47 Å². The molecule has 0 saturated heterocycles. The van der Waals surface area contributed by atoms with Gasteiger partial charge < -0.3 is 9.47 Å². The lowest BCUT2D eigenvalue weighted by molar-refractivity contribution is 0.261. The Morgan fingerprint density at radius 3 is 1.44 bits per heavy atom. The Morgan fingerprint density at radius 1 is 0.833 bits per heavy atom. The van der Waals surface area contributed by atoms with E-state index < -0.39 is 0 Å². The fourth-order valence-corrected chi connectivity index (χ4v) is 2.43. The molecule has 0 atom stereocenters. The molecule has 102 valence electrons. The lowest BCUT2D eigenvalue weighted by Crippen LogP contribution is -2.08. The standard InChI is InChI=1S/C14H20I2O2/c1-9(2)7-17-13-5-12(16)14(6-11(13)15)18-8-10(3)4/h5-6,9-10H,7-8H2,1-4H3. The van der Waals surface area contributed by atoms with Crippen molar-refractivity contribution in [1.82, 2.24) is 0 Å². The average molecular weight is 474 g/mol. The molecule has 4 heteroatoms. The van der Waals surface area contributed by atoms with Gasteiger partial charge in [-0.2, -0.15) is 0 Å². The minimum absolute atomic E-state index is 0.537. The molecule has 0 aliphatic carbocycles. The van der Waals surface area contributed by atoms with Crippen LogP contribution >= 0.6 is 45.2 Å². The van der Waals surface area contributed by atoms with E-state index in [1.807, 2.05) is 0 Å². The molecule has 0 spiro atoms. The molecule has 0 fully saturated rings. The first-order valence-electron chi connectivity index (χ1n) is 6.14. The highest BCUT2D eigenvalue weighted by molar-refractivity contribution is 14.1. The van der Waals surface area contributed by atoms with E-state index in [1.165, 1.54) is 0 Å². The zero-order chi connectivity index (χ0) is 13.7. The normalized spacial score (nSPS) is 11.1. The average Bonchev–Trinajstić information content (AvgIpc) is 2.27. The van der Waals surface area contributed by atoms with Crippen molar-refractivity contribution in [2.75, 3.05) is 13.2 Å². The first-order chi connectivity index (χ1) is 8.40. The molecule has 1 aromatic carbocycles. The lowest BCUT2D eigenvalue weighted by atomic mass is 10.2. The number of rotatable bonds is 6. The van der Waals surface area contributed by atoms with Crippen molar-refractivity contribution >= 4 is 45.2 Å². The summed E-state index contributed by atoms with van der Waals surface area (Å²) in [5.74, 6) is 2.97. The maximum atomic E-state index is 5.79. The Morgan fingerprint density at radius 2 is 1.17 bits per heavy atom. The zero-order valence-electron chi connectivity index (χ0n) is 11.3. The minimum atomic E-state index is 0.537. The summed E-state index contributed by atoms with van der Waals surface area (Å²) in [5, 5.41) is 0. The van der Waals surface area contributed by atoms with Crippen LogP contribution in [0.3, 0.4) is 0 Å². The number of halogens is 2. The molecular formula is C14H20I2O2. The molecule has 0 radical (unpaired) electrons. The third kappa shape index (κ3) is 5.50. The second-order valence-electron chi connectivity index (χ2n) is 5.12. The van der Waals surface area contributed by atoms with Gasteiger partial charge in [-0.25, -0.2) is 0 Å². The first kappa shape index (κ1) is 16.3. The highest BCUT2D eigenvalue weighted by Gasteiger charge is 2.10. The Hall–Kier alpha value is 0.280. The van der Waals surface area contributed by atoms with Crippen LogP contribution in [0.1, 0.15) is 27.7 Å². The molecule has 0 heterocycles. The predicted molar refractivity (Wildman–Crippen MR) is 92.5 cm³/mol. The van der Waals surface area contributed by atoms with Crippen molar-refractivity contribution in [3.63, 3.8) is 0 Å². The van der Waals surface area contributed by atoms with Gasteiger partial charge >= 0.3 is 0 Å². The van der Waals surface area contributed by atoms with E-state index in [1.54, 1.807) is 0 Å². The van der Waals surface area contributed by atoms with Gasteiger partial charge in [0.05, 0.1) is 20.4 Å². The molecule has 1 rings (SSSR count). The van der Waals surface area contributed by atoms with Crippen molar-refractivity contribution in [3.05, 3.63) is 19.3 Å². The summed E-state index contributed by atoms with van der Waals surface area (Å²) in [7, 11) is 0. The summed E-state index contributed by atoms with van der Waals surface area (Å²) in [6, 6.07) is 4.11. The SMILES string of the molecule is CC(C)COc1cc(I)c(OCC(C)C)cc1I. The summed E-state index contributed by atoms with van der Waals surface area (Å²) in [6.45, 7) is 10.1. The van der Waals surface area contributed by atoms with Crippen LogP contribution in [0.15, 0.2) is 12.1 Å². The van der Waals surface area contributed by atoms with E-state index in [0.29, 0.717) is 11.8 Å². The van der Waals surface area contributed by atoms with Crippen molar-refractivity contribution in [3.8, 4) is 11.5 Å². The summed E-state index contributed by atoms with van der Waals surface area (Å²) in [4.78, 5) is 0. The van der Waals surface area contributed by atoms with Gasteiger partial charge in [-0.15, -0.1) is 0 Å². The van der Waals surface area contributed by atoms with Crippen LogP contribution < -0.4 is 9.47 Å². The maximum absolute atomic E-state index is 5.79. The molecule has 2 nitrogen and oxygen atoms in total. The largest absolute Gasteiger partial charge is 0.492 e. The molecule has 0 aliphatic rings. The lowest BCUT2D eigenvalue weighted by Gasteiger charge is -2.14. The molecule has 0 amide bonds. The molecule has 0 unspecified atom stereocenters. The summed E-state index contributed by atoms with van der Waals surface area (Å²) < 4.78 is 13.8. The smallest absolute Gasteiger partial charge is 0.133 e. The molecule has 0 N–H and O–H groups in total. The molecular weight excluding hydrogens is 454 g/mol. The van der Waals surface area contributed by atoms with Gasteiger partial charge in [0.1, 0.15) is 11.5 Å². The molecule has 18 heavy (non-hydrogen) atoms. The zero-order valence-corrected chi connectivity index (χ0v) is 15.6. The van der Waals surface area contributed by atoms with Crippen molar-refractivity contribution in [2.45, 2.75) is 27.7 Å². The number of benzene rings is 1. The fraction of sp³-hybridized carbons (Fsp3) is 0.571. The van der Waals surface area contributed by atoms with Crippen LogP contribution in [-0.2, 0) is 0 Å². The van der Waals surface area contributed by atoms with Crippen LogP contribution in [0.2, 0.25) is 0 Å². The molecule has 1 aromatic rings. The van der Waals surface area contributed by atoms with Gasteiger partial charge in [-0.05, 0) is 69.2 Å². The molecule has 0 saturated carbocycles. The maximum Gasteiger partial charge on any atom is 0.133 e. The van der Waals surface area contributed by atoms with E-state index in [-0.39, 0.29) is 0 Å². The van der Waals surface area contributed by atoms with E-state index in [2.05, 4.69) is 85.0 Å². The van der Waals surface area contributed by atoms with E-state index >= 15 is 0 Å². The van der Waals surface area contributed by atoms with Crippen LogP contribution in [0, 0.1) is 19.0 Å². The summed E-state index contributed by atoms with van der Waals surface area (Å²) in [6.07, 6.45) is 0. The Labute approximate surface area is 137 Å². The van der Waals surface area contributed by atoms with Crippen LogP contribution in [0.25, 0.3) is 0 Å². The van der Waals surface area contributed by atoms with E-state index in [9.17, 15) is 0 Å². The second kappa shape index (κ2) is 7.77. The highest BCUT2D eigenvalue weighted by atomic mass is 127. The Bertz CT molecular complexity index is 352. The predicted octanol–water partition coefficient (Wildman–Crippen LogP) is 4.97. The van der Waals surface area contributed by atoms with Crippen LogP contribution in [-0.4, -0.2) is 13.2 Å². The van der Waals surface area contributed by atoms with Gasteiger partial charge in [0.15, 0.2) is 0 Å². The quantitative estimate of drug-likeness (QED) is 0.543. The van der Waals surface area contributed by atoms with Gasteiger partial charge in [0.2, 0.25) is 0 Å². The molecule has 0 aliphatic heterocycles. The van der Waals surface area contributed by atoms with Crippen molar-refractivity contribution in [1.29, 1.82) is 0 Å². The molecule has 0 aromatic heterocycles. The van der Waals surface area contributed by atoms with Gasteiger partial charge in [-0.1, -0.05) is 27.7 Å². The second-order valence-corrected chi connectivity index (χ2v) is 7.45. The molecule has 0 bridgehead atoms. The topological polar surface area (TPSA) is 18.5 Å². The van der Waals surface area contributed by atoms with Gasteiger partial charge in [0, 0.05) is 0 Å². The number of hydrogen-bond donors (Lipinski definition) is 0. The number of hydrogen-bond acceptors (Lipinski definition) is 2. The van der Waals surface area contributed by atoms with E-state index in [0.717, 1.165) is 31.9 Å².